The average molecular weight is 460 g/mol. The van der Waals surface area contributed by atoms with E-state index >= 15 is 0 Å². The second kappa shape index (κ2) is 9.30. The minimum atomic E-state index is -0.780. The fourth-order valence-electron chi connectivity index (χ4n) is 4.24. The molecule has 1 aliphatic rings. The van der Waals surface area contributed by atoms with Crippen molar-refractivity contribution in [2.75, 3.05) is 11.9 Å². The molecule has 174 valence electrons. The maximum absolute atomic E-state index is 12.5. The van der Waals surface area contributed by atoms with Gasteiger partial charge in [-0.3, -0.25) is 29.3 Å². The number of pyridine rings is 1. The normalized spacial score (nSPS) is 17.8. The van der Waals surface area contributed by atoms with E-state index in [4.69, 9.17) is 0 Å². The number of hydrogen-bond donors (Lipinski definition) is 4. The minimum absolute atomic E-state index is 0.0787. The van der Waals surface area contributed by atoms with Gasteiger partial charge in [-0.15, -0.1) is 0 Å². The molecule has 1 aliphatic heterocycles. The molecule has 9 heteroatoms. The van der Waals surface area contributed by atoms with Crippen molar-refractivity contribution >= 4 is 40.2 Å². The van der Waals surface area contributed by atoms with Crippen LogP contribution in [0.4, 0.5) is 5.69 Å². The monoisotopic (exact) mass is 460 g/mol. The van der Waals surface area contributed by atoms with Gasteiger partial charge in [0.25, 0.3) is 5.91 Å². The number of imide groups is 1. The van der Waals surface area contributed by atoms with Crippen molar-refractivity contribution in [2.45, 2.75) is 31.6 Å². The van der Waals surface area contributed by atoms with Crippen molar-refractivity contribution in [1.29, 1.82) is 0 Å². The van der Waals surface area contributed by atoms with Gasteiger partial charge in [0.15, 0.2) is 0 Å². The predicted octanol–water partition coefficient (Wildman–Crippen LogP) is 1.98. The van der Waals surface area contributed by atoms with E-state index in [9.17, 15) is 24.0 Å². The molecule has 0 saturated carbocycles. The third-order valence-electron chi connectivity index (χ3n) is 6.23. The standard InChI is InChI=1S/C25H24N4O5/c1-2-25(12-11-20(30)29-24(25)34)15-7-9-16(10-8-15)28-21(31)14-27-23(33)18-13-26-19-6-4-3-5-17(19)22(18)32/h3-10,13H,2,11-12,14H2,1H3,(H,26,32)(H,27,33)(H,28,31)(H,29,30,34). The molecule has 2 heterocycles. The SMILES string of the molecule is CCC1(c2ccc(NC(=O)CNC(=O)c3c[nH]c4ccccc4c3=O)cc2)CCC(=O)NC1=O. The van der Waals surface area contributed by atoms with Crippen LogP contribution in [0.15, 0.2) is 59.5 Å². The summed E-state index contributed by atoms with van der Waals surface area (Å²) >= 11 is 0. The highest BCUT2D eigenvalue weighted by molar-refractivity contribution is 6.03. The highest BCUT2D eigenvalue weighted by atomic mass is 16.2. The fraction of sp³-hybridized carbons (Fsp3) is 0.240. The van der Waals surface area contributed by atoms with E-state index in [1.807, 2.05) is 6.92 Å². The summed E-state index contributed by atoms with van der Waals surface area (Å²) in [5, 5.41) is 7.93. The Morgan fingerprint density at radius 1 is 1.03 bits per heavy atom. The molecular weight excluding hydrogens is 436 g/mol. The van der Waals surface area contributed by atoms with Crippen molar-refractivity contribution in [3.05, 3.63) is 76.1 Å². The predicted molar refractivity (Wildman–Crippen MR) is 126 cm³/mol. The topological polar surface area (TPSA) is 137 Å². The Morgan fingerprint density at radius 3 is 2.47 bits per heavy atom. The Hall–Kier alpha value is -4.27. The number of carbonyl (C=O) groups is 4. The van der Waals surface area contributed by atoms with Gasteiger partial charge >= 0.3 is 0 Å². The molecule has 1 aromatic heterocycles. The third-order valence-corrected chi connectivity index (χ3v) is 6.23. The van der Waals surface area contributed by atoms with Gasteiger partial charge in [-0.1, -0.05) is 31.2 Å². The molecule has 0 spiro atoms. The van der Waals surface area contributed by atoms with Crippen molar-refractivity contribution in [1.82, 2.24) is 15.6 Å². The van der Waals surface area contributed by atoms with Gasteiger partial charge < -0.3 is 15.6 Å². The number of piperidine rings is 1. The first-order valence-corrected chi connectivity index (χ1v) is 11.0. The van der Waals surface area contributed by atoms with Crippen LogP contribution in [0.25, 0.3) is 10.9 Å². The number of anilines is 1. The Morgan fingerprint density at radius 2 is 1.76 bits per heavy atom. The van der Waals surface area contributed by atoms with Gasteiger partial charge in [-0.25, -0.2) is 0 Å². The number of H-pyrrole nitrogens is 1. The molecular formula is C25H24N4O5. The van der Waals surface area contributed by atoms with Gasteiger partial charge in [0.2, 0.25) is 23.2 Å². The summed E-state index contributed by atoms with van der Waals surface area (Å²) in [6, 6.07) is 13.7. The maximum Gasteiger partial charge on any atom is 0.257 e. The van der Waals surface area contributed by atoms with Crippen LogP contribution < -0.4 is 21.4 Å². The first-order valence-electron chi connectivity index (χ1n) is 11.0. The van der Waals surface area contributed by atoms with Crippen molar-refractivity contribution < 1.29 is 19.2 Å². The molecule has 0 aliphatic carbocycles. The van der Waals surface area contributed by atoms with Crippen molar-refractivity contribution in [3.63, 3.8) is 0 Å². The number of aromatic amines is 1. The highest BCUT2D eigenvalue weighted by Crippen LogP contribution is 2.36. The maximum atomic E-state index is 12.5. The smallest absolute Gasteiger partial charge is 0.257 e. The van der Waals surface area contributed by atoms with E-state index in [0.717, 1.165) is 5.56 Å². The number of amides is 4. The summed E-state index contributed by atoms with van der Waals surface area (Å²) in [7, 11) is 0. The summed E-state index contributed by atoms with van der Waals surface area (Å²) < 4.78 is 0. The molecule has 1 unspecified atom stereocenters. The molecule has 0 bridgehead atoms. The minimum Gasteiger partial charge on any atom is -0.360 e. The number of fused-ring (bicyclic) bond motifs is 1. The van der Waals surface area contributed by atoms with Crippen LogP contribution in [0.1, 0.15) is 42.1 Å². The van der Waals surface area contributed by atoms with E-state index in [0.29, 0.717) is 29.4 Å². The highest BCUT2D eigenvalue weighted by Gasteiger charge is 2.42. The lowest BCUT2D eigenvalue weighted by Gasteiger charge is -2.35. The zero-order chi connectivity index (χ0) is 24.3. The summed E-state index contributed by atoms with van der Waals surface area (Å²) in [6.45, 7) is 1.57. The number of rotatable bonds is 6. The fourth-order valence-corrected chi connectivity index (χ4v) is 4.24. The molecule has 2 aromatic carbocycles. The van der Waals surface area contributed by atoms with Crippen LogP contribution >= 0.6 is 0 Å². The first-order chi connectivity index (χ1) is 16.3. The van der Waals surface area contributed by atoms with Gasteiger partial charge in [-0.05, 0) is 42.7 Å². The quantitative estimate of drug-likeness (QED) is 0.417. The molecule has 4 N–H and O–H groups in total. The zero-order valence-electron chi connectivity index (χ0n) is 18.6. The summed E-state index contributed by atoms with van der Waals surface area (Å²) in [6.07, 6.45) is 2.57. The Labute approximate surface area is 194 Å². The van der Waals surface area contributed by atoms with E-state index in [-0.39, 0.29) is 30.3 Å². The largest absolute Gasteiger partial charge is 0.360 e. The Balaban J connectivity index is 1.39. The lowest BCUT2D eigenvalue weighted by atomic mass is 9.72. The number of nitrogens with one attached hydrogen (secondary N) is 4. The van der Waals surface area contributed by atoms with E-state index in [1.54, 1.807) is 48.5 Å². The van der Waals surface area contributed by atoms with E-state index in [2.05, 4.69) is 20.9 Å². The van der Waals surface area contributed by atoms with Crippen LogP contribution in [0.5, 0.6) is 0 Å². The number of aromatic nitrogens is 1. The molecule has 9 nitrogen and oxygen atoms in total. The molecule has 3 aromatic rings. The van der Waals surface area contributed by atoms with Crippen LogP contribution in [0, 0.1) is 0 Å². The summed E-state index contributed by atoms with van der Waals surface area (Å²) in [5.41, 5.74) is 0.600. The number of para-hydroxylation sites is 1. The summed E-state index contributed by atoms with van der Waals surface area (Å²) in [4.78, 5) is 64.2. The molecule has 1 fully saturated rings. The van der Waals surface area contributed by atoms with Crippen molar-refractivity contribution in [2.24, 2.45) is 0 Å². The van der Waals surface area contributed by atoms with Gasteiger partial charge in [0.05, 0.1) is 12.0 Å². The lowest BCUT2D eigenvalue weighted by molar-refractivity contribution is -0.138. The molecule has 4 amide bonds. The molecule has 0 radical (unpaired) electrons. The Kier molecular flexibility index (Phi) is 6.27. The third kappa shape index (κ3) is 4.32. The van der Waals surface area contributed by atoms with Crippen LogP contribution in [0.2, 0.25) is 0 Å². The molecule has 4 rings (SSSR count). The van der Waals surface area contributed by atoms with Crippen LogP contribution in [-0.2, 0) is 19.8 Å². The molecule has 1 saturated heterocycles. The lowest BCUT2D eigenvalue weighted by Crippen LogP contribution is -2.51. The second-order valence-electron chi connectivity index (χ2n) is 8.20. The van der Waals surface area contributed by atoms with E-state index < -0.39 is 22.7 Å². The van der Waals surface area contributed by atoms with Crippen LogP contribution in [0.3, 0.4) is 0 Å². The number of benzene rings is 2. The zero-order valence-corrected chi connectivity index (χ0v) is 18.6. The number of carbonyl (C=O) groups excluding carboxylic acids is 4. The first kappa shape index (κ1) is 22.9. The van der Waals surface area contributed by atoms with E-state index in [1.165, 1.54) is 6.20 Å². The molecule has 1 atom stereocenters. The average Bonchev–Trinajstić information content (AvgIpc) is 2.84. The second-order valence-corrected chi connectivity index (χ2v) is 8.20. The van der Waals surface area contributed by atoms with Crippen molar-refractivity contribution in [3.8, 4) is 0 Å². The van der Waals surface area contributed by atoms with Gasteiger partial charge in [-0.2, -0.15) is 0 Å². The summed E-state index contributed by atoms with van der Waals surface area (Å²) in [5.74, 6) is -1.70. The van der Waals surface area contributed by atoms with Crippen LogP contribution in [-0.4, -0.2) is 35.2 Å². The Bertz CT molecular complexity index is 1350. The molecule has 34 heavy (non-hydrogen) atoms. The number of hydrogen-bond acceptors (Lipinski definition) is 5. The van der Waals surface area contributed by atoms with Gasteiger partial charge in [0, 0.05) is 29.2 Å². The van der Waals surface area contributed by atoms with Gasteiger partial charge in [0.1, 0.15) is 5.56 Å².